The Morgan fingerprint density at radius 2 is 2.21 bits per heavy atom. The third kappa shape index (κ3) is 1.36. The largest absolute Gasteiger partial charge is 0.506 e. The number of aromatic hydroxyl groups is 1. The van der Waals surface area contributed by atoms with Crippen LogP contribution in [-0.2, 0) is 0 Å². The Hall–Kier alpha value is -0.820. The number of hydrogen-bond donors (Lipinski definition) is 2. The van der Waals surface area contributed by atoms with Crippen LogP contribution in [0.15, 0.2) is 17.5 Å². The smallest absolute Gasteiger partial charge is 0.340 e. The molecule has 2 N–H and O–H groups in total. The van der Waals surface area contributed by atoms with Gasteiger partial charge in [-0.1, -0.05) is 0 Å². The summed E-state index contributed by atoms with van der Waals surface area (Å²) in [5.41, 5.74) is -0.0171. The summed E-state index contributed by atoms with van der Waals surface area (Å²) in [7, 11) is 0. The van der Waals surface area contributed by atoms with Crippen molar-refractivity contribution >= 4 is 50.0 Å². The van der Waals surface area contributed by atoms with E-state index >= 15 is 0 Å². The van der Waals surface area contributed by atoms with Gasteiger partial charge >= 0.3 is 5.97 Å². The number of benzene rings is 1. The van der Waals surface area contributed by atoms with Crippen LogP contribution in [0.25, 0.3) is 10.1 Å². The second-order valence-corrected chi connectivity index (χ2v) is 4.83. The molecule has 3 nitrogen and oxygen atoms in total. The van der Waals surface area contributed by atoms with Gasteiger partial charge in [0.25, 0.3) is 0 Å². The molecular weight excluding hydrogens is 315 g/mol. The van der Waals surface area contributed by atoms with Crippen molar-refractivity contribution in [3.05, 3.63) is 26.6 Å². The van der Waals surface area contributed by atoms with Crippen molar-refractivity contribution in [3.63, 3.8) is 0 Å². The van der Waals surface area contributed by atoms with E-state index < -0.39 is 5.97 Å². The molecule has 72 valence electrons. The molecule has 1 aromatic carbocycles. The number of rotatable bonds is 1. The molecule has 0 aliphatic heterocycles. The number of phenols is 1. The Balaban J connectivity index is 2.89. The molecule has 0 fully saturated rings. The van der Waals surface area contributed by atoms with Gasteiger partial charge < -0.3 is 10.2 Å². The van der Waals surface area contributed by atoms with Crippen LogP contribution in [0.5, 0.6) is 5.75 Å². The van der Waals surface area contributed by atoms with Gasteiger partial charge in [0.05, 0.1) is 0 Å². The van der Waals surface area contributed by atoms with E-state index in [1.807, 2.05) is 28.0 Å². The van der Waals surface area contributed by atoms with Crippen LogP contribution in [0.3, 0.4) is 0 Å². The summed E-state index contributed by atoms with van der Waals surface area (Å²) in [5, 5.41) is 21.0. The molecule has 0 amide bonds. The van der Waals surface area contributed by atoms with E-state index in [1.165, 1.54) is 11.3 Å². The lowest BCUT2D eigenvalue weighted by Gasteiger charge is -2.03. The quantitative estimate of drug-likeness (QED) is 0.795. The summed E-state index contributed by atoms with van der Waals surface area (Å²) in [6.45, 7) is 0. The fourth-order valence-electron chi connectivity index (χ4n) is 1.27. The normalized spacial score (nSPS) is 10.6. The third-order valence-corrected chi connectivity index (χ3v) is 3.61. The molecule has 0 spiro atoms. The van der Waals surface area contributed by atoms with Gasteiger partial charge in [-0.05, 0) is 40.1 Å². The highest BCUT2D eigenvalue weighted by molar-refractivity contribution is 14.1. The Morgan fingerprint density at radius 1 is 1.50 bits per heavy atom. The van der Waals surface area contributed by atoms with Crippen molar-refractivity contribution in [1.29, 1.82) is 0 Å². The first kappa shape index (κ1) is 9.72. The topological polar surface area (TPSA) is 57.5 Å². The first-order chi connectivity index (χ1) is 6.61. The maximum atomic E-state index is 10.8. The number of halogens is 1. The van der Waals surface area contributed by atoms with Crippen LogP contribution in [0.2, 0.25) is 0 Å². The lowest BCUT2D eigenvalue weighted by atomic mass is 10.1. The van der Waals surface area contributed by atoms with Gasteiger partial charge in [0.15, 0.2) is 0 Å². The van der Waals surface area contributed by atoms with E-state index in [1.54, 1.807) is 12.1 Å². The van der Waals surface area contributed by atoms with Crippen molar-refractivity contribution < 1.29 is 15.0 Å². The van der Waals surface area contributed by atoms with E-state index in [0.717, 1.165) is 4.70 Å². The molecule has 0 aliphatic carbocycles. The van der Waals surface area contributed by atoms with Crippen LogP contribution in [0.4, 0.5) is 0 Å². The molecule has 5 heteroatoms. The number of carboxylic acid groups (broad SMARTS) is 1. The highest BCUT2D eigenvalue weighted by Crippen LogP contribution is 2.35. The molecule has 1 aromatic heterocycles. The fourth-order valence-corrected chi connectivity index (χ4v) is 3.10. The monoisotopic (exact) mass is 320 g/mol. The number of carboxylic acids is 1. The summed E-state index contributed by atoms with van der Waals surface area (Å²) in [4.78, 5) is 10.8. The van der Waals surface area contributed by atoms with Gasteiger partial charge in [0.2, 0.25) is 0 Å². The van der Waals surface area contributed by atoms with Crippen molar-refractivity contribution in [3.8, 4) is 5.75 Å². The highest BCUT2D eigenvalue weighted by Gasteiger charge is 2.17. The molecule has 0 saturated heterocycles. The lowest BCUT2D eigenvalue weighted by Crippen LogP contribution is -1.99. The minimum absolute atomic E-state index is 0.0171. The second-order valence-electron chi connectivity index (χ2n) is 2.72. The van der Waals surface area contributed by atoms with Gasteiger partial charge in [0, 0.05) is 13.7 Å². The van der Waals surface area contributed by atoms with E-state index in [9.17, 15) is 9.90 Å². The summed E-state index contributed by atoms with van der Waals surface area (Å²) in [6.07, 6.45) is 0. The standard InChI is InChI=1S/C9H5IO3S/c10-5-3-6-4(1-2-14-6)8(11)7(5)9(12)13/h1-3,11H,(H,12,13). The van der Waals surface area contributed by atoms with E-state index in [4.69, 9.17) is 5.11 Å². The predicted octanol–water partition coefficient (Wildman–Crippen LogP) is 2.91. The van der Waals surface area contributed by atoms with Gasteiger partial charge in [-0.25, -0.2) is 4.79 Å². The van der Waals surface area contributed by atoms with Crippen molar-refractivity contribution in [2.75, 3.05) is 0 Å². The fraction of sp³-hybridized carbons (Fsp3) is 0. The molecule has 0 unspecified atom stereocenters. The Kier molecular flexibility index (Phi) is 2.36. The first-order valence-corrected chi connectivity index (χ1v) is 5.69. The first-order valence-electron chi connectivity index (χ1n) is 3.73. The van der Waals surface area contributed by atoms with E-state index in [0.29, 0.717) is 8.96 Å². The van der Waals surface area contributed by atoms with Gasteiger partial charge in [0.1, 0.15) is 11.3 Å². The molecular formula is C9H5IO3S. The van der Waals surface area contributed by atoms with E-state index in [2.05, 4.69) is 0 Å². The number of carbonyl (C=O) groups is 1. The second kappa shape index (κ2) is 3.39. The average molecular weight is 320 g/mol. The zero-order chi connectivity index (χ0) is 10.3. The summed E-state index contributed by atoms with van der Waals surface area (Å²) < 4.78 is 1.46. The van der Waals surface area contributed by atoms with Crippen molar-refractivity contribution in [1.82, 2.24) is 0 Å². The van der Waals surface area contributed by atoms with Crippen LogP contribution in [0.1, 0.15) is 10.4 Å². The van der Waals surface area contributed by atoms with Crippen LogP contribution >= 0.6 is 33.9 Å². The zero-order valence-corrected chi connectivity index (χ0v) is 9.79. The van der Waals surface area contributed by atoms with Crippen molar-refractivity contribution in [2.45, 2.75) is 0 Å². The minimum Gasteiger partial charge on any atom is -0.506 e. The Labute approximate surface area is 97.1 Å². The lowest BCUT2D eigenvalue weighted by molar-refractivity contribution is 0.0693. The number of fused-ring (bicyclic) bond motifs is 1. The van der Waals surface area contributed by atoms with Gasteiger partial charge in [-0.15, -0.1) is 11.3 Å². The third-order valence-electron chi connectivity index (χ3n) is 1.90. The highest BCUT2D eigenvalue weighted by atomic mass is 127. The zero-order valence-electron chi connectivity index (χ0n) is 6.82. The summed E-state index contributed by atoms with van der Waals surface area (Å²) in [6, 6.07) is 3.49. The summed E-state index contributed by atoms with van der Waals surface area (Å²) >= 11 is 3.39. The maximum Gasteiger partial charge on any atom is 0.340 e. The average Bonchev–Trinajstić information content (AvgIpc) is 2.50. The molecule has 0 bridgehead atoms. The molecule has 2 rings (SSSR count). The van der Waals surface area contributed by atoms with Crippen LogP contribution in [-0.4, -0.2) is 16.2 Å². The minimum atomic E-state index is -1.10. The van der Waals surface area contributed by atoms with Crippen LogP contribution in [0, 0.1) is 3.57 Å². The molecule has 0 radical (unpaired) electrons. The van der Waals surface area contributed by atoms with Gasteiger partial charge in [-0.3, -0.25) is 0 Å². The molecule has 14 heavy (non-hydrogen) atoms. The molecule has 2 aromatic rings. The van der Waals surface area contributed by atoms with Gasteiger partial charge in [-0.2, -0.15) is 0 Å². The molecule has 1 heterocycles. The van der Waals surface area contributed by atoms with E-state index in [-0.39, 0.29) is 11.3 Å². The molecule has 0 aliphatic rings. The Morgan fingerprint density at radius 3 is 2.86 bits per heavy atom. The Bertz CT molecular complexity index is 518. The molecule has 0 saturated carbocycles. The van der Waals surface area contributed by atoms with Crippen LogP contribution < -0.4 is 0 Å². The predicted molar refractivity (Wildman–Crippen MR) is 63.2 cm³/mol. The summed E-state index contributed by atoms with van der Waals surface area (Å²) in [5.74, 6) is -1.24. The molecule has 0 atom stereocenters. The van der Waals surface area contributed by atoms with Crippen molar-refractivity contribution in [2.24, 2.45) is 0 Å². The number of thiophene rings is 1. The maximum absolute atomic E-state index is 10.8. The SMILES string of the molecule is O=C(O)c1c(I)cc2sccc2c1O. The number of aromatic carboxylic acids is 1. The number of hydrogen-bond acceptors (Lipinski definition) is 3.